The van der Waals surface area contributed by atoms with Crippen molar-refractivity contribution in [2.24, 2.45) is 0 Å². The minimum atomic E-state index is -2.24. The summed E-state index contributed by atoms with van der Waals surface area (Å²) >= 11 is -2.24. The first-order valence-corrected chi connectivity index (χ1v) is 14.4. The molecule has 0 radical (unpaired) electrons. The summed E-state index contributed by atoms with van der Waals surface area (Å²) in [5, 5.41) is 0. The van der Waals surface area contributed by atoms with E-state index in [1.165, 1.54) is 0 Å². The molecule has 1 aliphatic rings. The van der Waals surface area contributed by atoms with Crippen molar-refractivity contribution in [2.45, 2.75) is 16.3 Å². The van der Waals surface area contributed by atoms with Crippen LogP contribution in [0.2, 0.25) is 9.88 Å². The van der Waals surface area contributed by atoms with E-state index in [0.29, 0.717) is 0 Å². The molecule has 0 saturated carbocycles. The third kappa shape index (κ3) is 1.43. The van der Waals surface area contributed by atoms with Gasteiger partial charge >= 0.3 is 101 Å². The Balaban J connectivity index is 2.28. The molecule has 0 fully saturated rings. The van der Waals surface area contributed by atoms with Gasteiger partial charge in [-0.2, -0.15) is 0 Å². The van der Waals surface area contributed by atoms with Gasteiger partial charge < -0.3 is 0 Å². The number of benzene rings is 2. The van der Waals surface area contributed by atoms with Gasteiger partial charge in [0.15, 0.2) is 0 Å². The number of rotatable bonds is 0. The van der Waals surface area contributed by atoms with Crippen molar-refractivity contribution in [1.29, 1.82) is 0 Å². The fourth-order valence-electron chi connectivity index (χ4n) is 2.92. The number of hydrogen-bond acceptors (Lipinski definition) is 0. The molecule has 0 saturated heterocycles. The normalized spacial score (nSPS) is 16.4. The molecule has 0 spiro atoms. The SMILES string of the molecule is [CH3][Sn]1([CH3])[c]2ccccc2Cc2cccc[c]21. The quantitative estimate of drug-likeness (QED) is 0.655. The van der Waals surface area contributed by atoms with E-state index >= 15 is 0 Å². The fraction of sp³-hybridized carbons (Fsp3) is 0.200. The first kappa shape index (κ1) is 10.4. The zero-order chi connectivity index (χ0) is 11.2. The van der Waals surface area contributed by atoms with Gasteiger partial charge in [0.25, 0.3) is 0 Å². The van der Waals surface area contributed by atoms with Gasteiger partial charge in [0, 0.05) is 0 Å². The predicted octanol–water partition coefficient (Wildman–Crippen LogP) is 2.41. The molecule has 0 nitrogen and oxygen atoms in total. The van der Waals surface area contributed by atoms with Gasteiger partial charge in [0.1, 0.15) is 0 Å². The molecule has 2 aromatic rings. The van der Waals surface area contributed by atoms with Crippen molar-refractivity contribution in [3.63, 3.8) is 0 Å². The second kappa shape index (κ2) is 3.62. The summed E-state index contributed by atoms with van der Waals surface area (Å²) in [7, 11) is 0. The molecule has 3 rings (SSSR count). The van der Waals surface area contributed by atoms with Crippen LogP contribution < -0.4 is 7.16 Å². The second-order valence-electron chi connectivity index (χ2n) is 5.12. The van der Waals surface area contributed by atoms with E-state index in [9.17, 15) is 0 Å². The van der Waals surface area contributed by atoms with Crippen molar-refractivity contribution >= 4 is 25.5 Å². The van der Waals surface area contributed by atoms with E-state index in [4.69, 9.17) is 0 Å². The van der Waals surface area contributed by atoms with Gasteiger partial charge in [-0.25, -0.2) is 0 Å². The average molecular weight is 315 g/mol. The molecule has 1 heterocycles. The molecular formula is C15H16Sn. The number of fused-ring (bicyclic) bond motifs is 2. The third-order valence-electron chi connectivity index (χ3n) is 3.76. The zero-order valence-corrected chi connectivity index (χ0v) is 12.7. The van der Waals surface area contributed by atoms with E-state index in [-0.39, 0.29) is 0 Å². The van der Waals surface area contributed by atoms with Gasteiger partial charge in [-0.1, -0.05) is 0 Å². The summed E-state index contributed by atoms with van der Waals surface area (Å²) in [5.74, 6) is 0. The average Bonchev–Trinajstić information content (AvgIpc) is 2.29. The summed E-state index contributed by atoms with van der Waals surface area (Å²) in [6, 6.07) is 18.1. The van der Waals surface area contributed by atoms with Gasteiger partial charge in [-0.15, -0.1) is 0 Å². The first-order valence-electron chi connectivity index (χ1n) is 5.86. The monoisotopic (exact) mass is 316 g/mol. The minimum absolute atomic E-state index is 1.13. The van der Waals surface area contributed by atoms with Crippen molar-refractivity contribution in [3.8, 4) is 0 Å². The molecule has 0 aromatic heterocycles. The van der Waals surface area contributed by atoms with Crippen LogP contribution in [-0.4, -0.2) is 18.4 Å². The van der Waals surface area contributed by atoms with Crippen LogP contribution in [0.1, 0.15) is 11.1 Å². The van der Waals surface area contributed by atoms with Crippen LogP contribution in [0.25, 0.3) is 0 Å². The Morgan fingerprint density at radius 1 is 0.750 bits per heavy atom. The zero-order valence-electron chi connectivity index (χ0n) is 9.83. The summed E-state index contributed by atoms with van der Waals surface area (Å²) in [5.41, 5.74) is 3.14. The van der Waals surface area contributed by atoms with E-state index in [0.717, 1.165) is 6.42 Å². The van der Waals surface area contributed by atoms with E-state index < -0.39 is 18.4 Å². The van der Waals surface area contributed by atoms with Gasteiger partial charge in [0.2, 0.25) is 0 Å². The van der Waals surface area contributed by atoms with Crippen LogP contribution in [0, 0.1) is 0 Å². The Morgan fingerprint density at radius 3 is 1.69 bits per heavy atom. The first-order chi connectivity index (χ1) is 7.69. The van der Waals surface area contributed by atoms with Gasteiger partial charge in [-0.3, -0.25) is 0 Å². The molecule has 2 aromatic carbocycles. The fourth-order valence-corrected chi connectivity index (χ4v) is 12.2. The molecule has 1 aliphatic heterocycles. The molecule has 0 amide bonds. The Labute approximate surface area is 101 Å². The molecule has 0 atom stereocenters. The van der Waals surface area contributed by atoms with Crippen molar-refractivity contribution in [1.82, 2.24) is 0 Å². The van der Waals surface area contributed by atoms with Crippen LogP contribution in [-0.2, 0) is 6.42 Å². The maximum absolute atomic E-state index is 2.53. The third-order valence-corrected chi connectivity index (χ3v) is 14.2. The van der Waals surface area contributed by atoms with Crippen molar-refractivity contribution in [3.05, 3.63) is 59.7 Å². The summed E-state index contributed by atoms with van der Waals surface area (Å²) in [4.78, 5) is 5.07. The Bertz CT molecular complexity index is 493. The number of hydrogen-bond donors (Lipinski definition) is 0. The topological polar surface area (TPSA) is 0 Å². The van der Waals surface area contributed by atoms with Gasteiger partial charge in [-0.05, 0) is 0 Å². The Kier molecular flexibility index (Phi) is 2.36. The van der Waals surface area contributed by atoms with Crippen LogP contribution >= 0.6 is 0 Å². The molecular weight excluding hydrogens is 299 g/mol. The summed E-state index contributed by atoms with van der Waals surface area (Å²) in [6.07, 6.45) is 1.13. The molecule has 0 N–H and O–H groups in total. The predicted molar refractivity (Wildman–Crippen MR) is 72.4 cm³/mol. The molecule has 0 aliphatic carbocycles. The van der Waals surface area contributed by atoms with E-state index in [2.05, 4.69) is 58.4 Å². The van der Waals surface area contributed by atoms with Crippen molar-refractivity contribution < 1.29 is 0 Å². The maximum atomic E-state index is 2.53. The molecule has 16 heavy (non-hydrogen) atoms. The van der Waals surface area contributed by atoms with Gasteiger partial charge in [0.05, 0.1) is 0 Å². The summed E-state index contributed by atoms with van der Waals surface area (Å²) in [6.45, 7) is 0. The van der Waals surface area contributed by atoms with Crippen LogP contribution in [0.15, 0.2) is 48.5 Å². The van der Waals surface area contributed by atoms with E-state index in [1.807, 2.05) is 0 Å². The standard InChI is InChI=1S/C13H10.2CH3.Sn/c1-3-7-12(8-4-1)11-13-9-5-2-6-10-13;;;/h1-7,9H,11H2;2*1H3;. The van der Waals surface area contributed by atoms with Crippen LogP contribution in [0.5, 0.6) is 0 Å². The van der Waals surface area contributed by atoms with E-state index in [1.54, 1.807) is 18.3 Å². The molecule has 1 heteroatoms. The van der Waals surface area contributed by atoms with Crippen LogP contribution in [0.4, 0.5) is 0 Å². The summed E-state index contributed by atoms with van der Waals surface area (Å²) < 4.78 is 3.38. The Morgan fingerprint density at radius 2 is 1.19 bits per heavy atom. The Hall–Kier alpha value is -0.761. The molecule has 80 valence electrons. The molecule has 0 unspecified atom stereocenters. The van der Waals surface area contributed by atoms with Crippen LogP contribution in [0.3, 0.4) is 0 Å². The second-order valence-corrected chi connectivity index (χ2v) is 17.5. The molecule has 0 bridgehead atoms. The van der Waals surface area contributed by atoms with Crippen molar-refractivity contribution in [2.75, 3.05) is 0 Å².